The summed E-state index contributed by atoms with van der Waals surface area (Å²) in [5, 5.41) is 9.31. The molecular formula is C25H29F2N5O3. The van der Waals surface area contributed by atoms with E-state index in [2.05, 4.69) is 20.6 Å². The van der Waals surface area contributed by atoms with Crippen LogP contribution < -0.4 is 15.4 Å². The van der Waals surface area contributed by atoms with Crippen LogP contribution in [0, 0.1) is 11.6 Å². The lowest BCUT2D eigenvalue weighted by molar-refractivity contribution is 0.0375. The van der Waals surface area contributed by atoms with Crippen molar-refractivity contribution in [2.45, 2.75) is 18.9 Å². The lowest BCUT2D eigenvalue weighted by Gasteiger charge is -2.31. The number of nitrogens with one attached hydrogen (secondary N) is 2. The fourth-order valence-corrected chi connectivity index (χ4v) is 4.10. The highest BCUT2D eigenvalue weighted by Gasteiger charge is 2.19. The number of urea groups is 1. The minimum Gasteiger partial charge on any atom is -0.492 e. The molecule has 0 bridgehead atoms. The molecule has 10 heteroatoms. The van der Waals surface area contributed by atoms with Crippen LogP contribution in [0.4, 0.5) is 25.0 Å². The number of halogens is 2. The van der Waals surface area contributed by atoms with Crippen LogP contribution in [-0.2, 0) is 11.8 Å². The third-order valence-corrected chi connectivity index (χ3v) is 6.05. The number of anilines is 2. The first-order valence-corrected chi connectivity index (χ1v) is 11.5. The van der Waals surface area contributed by atoms with E-state index in [1.807, 2.05) is 13.1 Å². The van der Waals surface area contributed by atoms with Crippen molar-refractivity contribution < 1.29 is 23.0 Å². The summed E-state index contributed by atoms with van der Waals surface area (Å²) in [5.74, 6) is -0.911. The van der Waals surface area contributed by atoms with Crippen molar-refractivity contribution in [2.75, 3.05) is 44.0 Å². The smallest absolute Gasteiger partial charge is 0.323 e. The van der Waals surface area contributed by atoms with Crippen LogP contribution in [0.25, 0.3) is 11.3 Å². The summed E-state index contributed by atoms with van der Waals surface area (Å²) in [4.78, 5) is 14.8. The van der Waals surface area contributed by atoms with Gasteiger partial charge in [0.1, 0.15) is 24.0 Å². The average Bonchev–Trinajstić information content (AvgIpc) is 3.27. The molecule has 2 amide bonds. The number of benzene rings is 2. The van der Waals surface area contributed by atoms with E-state index in [1.54, 1.807) is 36.2 Å². The Morgan fingerprint density at radius 1 is 1.11 bits per heavy atom. The molecule has 1 saturated heterocycles. The number of aryl methyl sites for hydroxylation is 1. The van der Waals surface area contributed by atoms with Crippen LogP contribution in [0.3, 0.4) is 0 Å². The molecule has 1 aliphatic rings. The Hall–Kier alpha value is -3.50. The van der Waals surface area contributed by atoms with E-state index < -0.39 is 17.7 Å². The van der Waals surface area contributed by atoms with Crippen LogP contribution in [0.2, 0.25) is 0 Å². The van der Waals surface area contributed by atoms with E-state index in [9.17, 15) is 13.6 Å². The van der Waals surface area contributed by atoms with Crippen LogP contribution in [-0.4, -0.2) is 60.2 Å². The van der Waals surface area contributed by atoms with E-state index in [0.717, 1.165) is 49.8 Å². The Bertz CT molecular complexity index is 1160. The minimum absolute atomic E-state index is 0.120. The van der Waals surface area contributed by atoms with Crippen LogP contribution in [0.5, 0.6) is 5.75 Å². The monoisotopic (exact) mass is 485 g/mol. The molecule has 0 spiro atoms. The standard InChI is InChI=1S/C25H29F2N5O3/c1-31-23(7-10-28-31)20-16-18(29-25(33)30-22-5-3-17(26)15-21(22)27)4-6-24(20)35-14-13-32-11-8-19(34-2)9-12-32/h3-7,10,15-16,19H,8-9,11-14H2,1-2H3,(H2,29,30,33). The summed E-state index contributed by atoms with van der Waals surface area (Å²) in [6, 6.07) is 9.42. The normalized spacial score (nSPS) is 14.6. The summed E-state index contributed by atoms with van der Waals surface area (Å²) in [7, 11) is 3.58. The second-order valence-electron chi connectivity index (χ2n) is 8.38. The first-order chi connectivity index (χ1) is 16.9. The number of ether oxygens (including phenoxy) is 2. The second-order valence-corrected chi connectivity index (χ2v) is 8.38. The number of likely N-dealkylation sites (tertiary alicyclic amines) is 1. The fourth-order valence-electron chi connectivity index (χ4n) is 4.10. The van der Waals surface area contributed by atoms with E-state index in [1.165, 1.54) is 6.07 Å². The van der Waals surface area contributed by atoms with Crippen LogP contribution in [0.15, 0.2) is 48.7 Å². The van der Waals surface area contributed by atoms with Gasteiger partial charge in [-0.05, 0) is 49.2 Å². The Morgan fingerprint density at radius 3 is 2.60 bits per heavy atom. The molecule has 0 aliphatic carbocycles. The molecule has 1 aromatic heterocycles. The van der Waals surface area contributed by atoms with Gasteiger partial charge in [0.2, 0.25) is 0 Å². The van der Waals surface area contributed by atoms with Gasteiger partial charge in [-0.1, -0.05) is 0 Å². The molecule has 8 nitrogen and oxygen atoms in total. The molecule has 3 aromatic rings. The number of rotatable bonds is 8. The molecule has 0 radical (unpaired) electrons. The minimum atomic E-state index is -0.856. The van der Waals surface area contributed by atoms with E-state index in [4.69, 9.17) is 9.47 Å². The predicted molar refractivity (Wildman–Crippen MR) is 130 cm³/mol. The van der Waals surface area contributed by atoms with Gasteiger partial charge in [0.15, 0.2) is 0 Å². The van der Waals surface area contributed by atoms with Gasteiger partial charge in [-0.3, -0.25) is 9.58 Å². The number of piperidine rings is 1. The molecular weight excluding hydrogens is 456 g/mol. The number of hydrogen-bond acceptors (Lipinski definition) is 5. The third-order valence-electron chi connectivity index (χ3n) is 6.05. The molecule has 4 rings (SSSR count). The van der Waals surface area contributed by atoms with Crippen molar-refractivity contribution in [3.63, 3.8) is 0 Å². The summed E-state index contributed by atoms with van der Waals surface area (Å²) in [6.07, 6.45) is 4.05. The third kappa shape index (κ3) is 6.34. The molecule has 2 aromatic carbocycles. The van der Waals surface area contributed by atoms with Gasteiger partial charge in [-0.15, -0.1) is 0 Å². The number of carbonyl (C=O) groups excluding carboxylic acids is 1. The number of hydrogen-bond donors (Lipinski definition) is 2. The van der Waals surface area contributed by atoms with Gasteiger partial charge in [-0.2, -0.15) is 5.10 Å². The molecule has 2 N–H and O–H groups in total. The zero-order valence-electron chi connectivity index (χ0n) is 19.8. The molecule has 1 aliphatic heterocycles. The Balaban J connectivity index is 1.43. The predicted octanol–water partition coefficient (Wildman–Crippen LogP) is 4.50. The van der Waals surface area contributed by atoms with Crippen molar-refractivity contribution in [3.05, 3.63) is 60.3 Å². The van der Waals surface area contributed by atoms with Gasteiger partial charge in [0.05, 0.1) is 17.5 Å². The number of methoxy groups -OCH3 is 1. The van der Waals surface area contributed by atoms with Gasteiger partial charge in [0.25, 0.3) is 0 Å². The highest BCUT2D eigenvalue weighted by molar-refractivity contribution is 6.00. The van der Waals surface area contributed by atoms with Gasteiger partial charge in [0, 0.05) is 57.3 Å². The van der Waals surface area contributed by atoms with E-state index in [0.29, 0.717) is 30.2 Å². The number of carbonyl (C=O) groups is 1. The van der Waals surface area contributed by atoms with E-state index in [-0.39, 0.29) is 5.69 Å². The molecule has 0 atom stereocenters. The highest BCUT2D eigenvalue weighted by atomic mass is 19.1. The topological polar surface area (TPSA) is 80.7 Å². The second kappa shape index (κ2) is 11.3. The van der Waals surface area contributed by atoms with Crippen LogP contribution >= 0.6 is 0 Å². The SMILES string of the molecule is COC1CCN(CCOc2ccc(NC(=O)Nc3ccc(F)cc3F)cc2-c2ccnn2C)CC1. The fraction of sp³-hybridized carbons (Fsp3) is 0.360. The summed E-state index contributed by atoms with van der Waals surface area (Å²) >= 11 is 0. The van der Waals surface area contributed by atoms with Gasteiger partial charge in [-0.25, -0.2) is 13.6 Å². The molecule has 186 valence electrons. The lowest BCUT2D eigenvalue weighted by atomic mass is 10.1. The quantitative estimate of drug-likeness (QED) is 0.491. The maximum atomic E-state index is 13.9. The van der Waals surface area contributed by atoms with Crippen molar-refractivity contribution >= 4 is 17.4 Å². The van der Waals surface area contributed by atoms with Crippen LogP contribution in [0.1, 0.15) is 12.8 Å². The summed E-state index contributed by atoms with van der Waals surface area (Å²) in [5.41, 5.74) is 1.93. The highest BCUT2D eigenvalue weighted by Crippen LogP contribution is 2.32. The van der Waals surface area contributed by atoms with Crippen molar-refractivity contribution in [2.24, 2.45) is 7.05 Å². The van der Waals surface area contributed by atoms with E-state index >= 15 is 0 Å². The Kier molecular flexibility index (Phi) is 7.94. The molecule has 35 heavy (non-hydrogen) atoms. The largest absolute Gasteiger partial charge is 0.492 e. The number of nitrogens with zero attached hydrogens (tertiary/aromatic N) is 3. The summed E-state index contributed by atoms with van der Waals surface area (Å²) in [6.45, 7) is 3.26. The Morgan fingerprint density at radius 2 is 1.91 bits per heavy atom. The molecule has 0 unspecified atom stereocenters. The number of aromatic nitrogens is 2. The molecule has 1 fully saturated rings. The summed E-state index contributed by atoms with van der Waals surface area (Å²) < 4.78 is 40.3. The molecule has 0 saturated carbocycles. The van der Waals surface area contributed by atoms with Crippen molar-refractivity contribution in [1.29, 1.82) is 0 Å². The first kappa shape index (κ1) is 24.6. The number of amides is 2. The van der Waals surface area contributed by atoms with Crippen molar-refractivity contribution in [3.8, 4) is 17.0 Å². The zero-order chi connectivity index (χ0) is 24.8. The van der Waals surface area contributed by atoms with Crippen molar-refractivity contribution in [1.82, 2.24) is 14.7 Å². The average molecular weight is 486 g/mol. The Labute approximate surface area is 202 Å². The molecule has 2 heterocycles. The van der Waals surface area contributed by atoms with Gasteiger partial charge >= 0.3 is 6.03 Å². The first-order valence-electron chi connectivity index (χ1n) is 11.5. The lowest BCUT2D eigenvalue weighted by Crippen LogP contribution is -2.38. The zero-order valence-corrected chi connectivity index (χ0v) is 19.8. The maximum Gasteiger partial charge on any atom is 0.323 e. The maximum absolute atomic E-state index is 13.9. The van der Waals surface area contributed by atoms with Gasteiger partial charge < -0.3 is 20.1 Å².